The molecule has 0 aromatic heterocycles. The fraction of sp³-hybridized carbons (Fsp3) is 0.429. The van der Waals surface area contributed by atoms with Crippen LogP contribution < -0.4 is 10.7 Å². The zero-order chi connectivity index (χ0) is 15.2. The van der Waals surface area contributed by atoms with Crippen molar-refractivity contribution in [3.63, 3.8) is 0 Å². The van der Waals surface area contributed by atoms with Gasteiger partial charge in [0.15, 0.2) is 5.11 Å². The molecule has 1 aliphatic rings. The summed E-state index contributed by atoms with van der Waals surface area (Å²) in [7, 11) is 0. The smallest absolute Gasteiger partial charge is 0.187 e. The fourth-order valence-electron chi connectivity index (χ4n) is 2.07. The van der Waals surface area contributed by atoms with Crippen molar-refractivity contribution < 1.29 is 14.9 Å². The predicted octanol–water partition coefficient (Wildman–Crippen LogP) is 1.46. The molecule has 1 saturated heterocycles. The number of phenols is 2. The van der Waals surface area contributed by atoms with E-state index < -0.39 is 0 Å². The molecule has 0 amide bonds. The van der Waals surface area contributed by atoms with Crippen molar-refractivity contribution in [3.05, 3.63) is 23.8 Å². The van der Waals surface area contributed by atoms with E-state index in [4.69, 9.17) is 17.0 Å². The van der Waals surface area contributed by atoms with E-state index in [2.05, 4.69) is 15.8 Å². The van der Waals surface area contributed by atoms with Gasteiger partial charge < -0.3 is 20.3 Å². The Kier molecular flexibility index (Phi) is 5.35. The van der Waals surface area contributed by atoms with Crippen molar-refractivity contribution in [1.82, 2.24) is 10.7 Å². The lowest BCUT2D eigenvalue weighted by Gasteiger charge is -2.12. The molecule has 2 rings (SSSR count). The van der Waals surface area contributed by atoms with Crippen LogP contribution in [0.4, 0.5) is 0 Å². The maximum Gasteiger partial charge on any atom is 0.187 e. The molecule has 1 aromatic rings. The Balaban J connectivity index is 1.85. The highest BCUT2D eigenvalue weighted by molar-refractivity contribution is 7.80. The topological polar surface area (TPSA) is 86.1 Å². The van der Waals surface area contributed by atoms with Gasteiger partial charge in [0, 0.05) is 24.8 Å². The minimum Gasteiger partial charge on any atom is -0.508 e. The SMILES string of the molecule is C/C(=N\NC(=S)NC[C@H]1CCCO1)c1ccc(O)cc1O. The average Bonchev–Trinajstić information content (AvgIpc) is 2.95. The molecule has 1 fully saturated rings. The molecule has 114 valence electrons. The third kappa shape index (κ3) is 4.57. The predicted molar refractivity (Wildman–Crippen MR) is 84.7 cm³/mol. The Morgan fingerprint density at radius 3 is 2.95 bits per heavy atom. The minimum absolute atomic E-state index is 0.00533. The van der Waals surface area contributed by atoms with Crippen LogP contribution in [-0.4, -0.2) is 40.3 Å². The molecule has 1 aromatic carbocycles. The second-order valence-corrected chi connectivity index (χ2v) is 5.26. The molecular weight excluding hydrogens is 290 g/mol. The van der Waals surface area contributed by atoms with E-state index >= 15 is 0 Å². The number of benzene rings is 1. The molecule has 0 radical (unpaired) electrons. The van der Waals surface area contributed by atoms with Gasteiger partial charge in [-0.1, -0.05) is 0 Å². The van der Waals surface area contributed by atoms with Gasteiger partial charge in [-0.3, -0.25) is 5.43 Å². The number of phenolic OH excluding ortho intramolecular Hbond substituents is 2. The Labute approximate surface area is 128 Å². The molecule has 7 heteroatoms. The average molecular weight is 309 g/mol. The van der Waals surface area contributed by atoms with E-state index in [-0.39, 0.29) is 17.6 Å². The van der Waals surface area contributed by atoms with E-state index in [0.29, 0.717) is 22.9 Å². The molecule has 1 heterocycles. The number of nitrogens with one attached hydrogen (secondary N) is 2. The monoisotopic (exact) mass is 309 g/mol. The second kappa shape index (κ2) is 7.24. The van der Waals surface area contributed by atoms with Gasteiger partial charge >= 0.3 is 0 Å². The highest BCUT2D eigenvalue weighted by atomic mass is 32.1. The van der Waals surface area contributed by atoms with Crippen molar-refractivity contribution in [2.45, 2.75) is 25.9 Å². The van der Waals surface area contributed by atoms with Crippen molar-refractivity contribution in [3.8, 4) is 11.5 Å². The van der Waals surface area contributed by atoms with Gasteiger partial charge in [0.05, 0.1) is 11.8 Å². The summed E-state index contributed by atoms with van der Waals surface area (Å²) in [5, 5.41) is 26.6. The molecule has 0 aliphatic carbocycles. The summed E-state index contributed by atoms with van der Waals surface area (Å²) in [6, 6.07) is 4.35. The third-order valence-corrected chi connectivity index (χ3v) is 3.45. The number of nitrogens with zero attached hydrogens (tertiary/aromatic N) is 1. The number of thiocarbonyl (C=S) groups is 1. The number of ether oxygens (including phenoxy) is 1. The first-order valence-corrected chi connectivity index (χ1v) is 7.19. The van der Waals surface area contributed by atoms with Crippen LogP contribution in [-0.2, 0) is 4.74 Å². The Morgan fingerprint density at radius 1 is 1.48 bits per heavy atom. The van der Waals surface area contributed by atoms with E-state index in [1.165, 1.54) is 12.1 Å². The van der Waals surface area contributed by atoms with Crippen LogP contribution in [0.25, 0.3) is 0 Å². The van der Waals surface area contributed by atoms with Gasteiger partial charge in [0.25, 0.3) is 0 Å². The van der Waals surface area contributed by atoms with Crippen molar-refractivity contribution in [2.24, 2.45) is 5.10 Å². The van der Waals surface area contributed by atoms with E-state index in [0.717, 1.165) is 19.4 Å². The van der Waals surface area contributed by atoms with Gasteiger partial charge in [-0.05, 0) is 44.1 Å². The molecular formula is C14H19N3O3S. The third-order valence-electron chi connectivity index (χ3n) is 3.21. The zero-order valence-corrected chi connectivity index (χ0v) is 12.6. The standard InChI is InChI=1S/C14H19N3O3S/c1-9(12-5-4-10(18)7-13(12)19)16-17-14(21)15-8-11-3-2-6-20-11/h4-5,7,11,18-19H,2-3,6,8H2,1H3,(H2,15,17,21)/b16-9+/t11-/m1/s1. The van der Waals surface area contributed by atoms with Gasteiger partial charge in [-0.2, -0.15) is 5.10 Å². The molecule has 0 unspecified atom stereocenters. The lowest BCUT2D eigenvalue weighted by Crippen LogP contribution is -2.37. The maximum absolute atomic E-state index is 9.74. The summed E-state index contributed by atoms with van der Waals surface area (Å²) in [6.07, 6.45) is 2.33. The minimum atomic E-state index is -0.0312. The van der Waals surface area contributed by atoms with Gasteiger partial charge in [-0.25, -0.2) is 0 Å². The van der Waals surface area contributed by atoms with Crippen LogP contribution >= 0.6 is 12.2 Å². The summed E-state index contributed by atoms with van der Waals surface area (Å²) in [6.45, 7) is 3.20. The number of hydrazone groups is 1. The summed E-state index contributed by atoms with van der Waals surface area (Å²) in [5.74, 6) is -0.0259. The van der Waals surface area contributed by atoms with Crippen molar-refractivity contribution >= 4 is 23.0 Å². The molecule has 0 bridgehead atoms. The molecule has 4 N–H and O–H groups in total. The molecule has 0 spiro atoms. The van der Waals surface area contributed by atoms with Crippen LogP contribution in [0, 0.1) is 0 Å². The molecule has 21 heavy (non-hydrogen) atoms. The molecule has 0 saturated carbocycles. The first-order valence-electron chi connectivity index (χ1n) is 6.78. The first-order chi connectivity index (χ1) is 10.1. The summed E-state index contributed by atoms with van der Waals surface area (Å²) in [4.78, 5) is 0. The van der Waals surface area contributed by atoms with Crippen molar-refractivity contribution in [2.75, 3.05) is 13.2 Å². The van der Waals surface area contributed by atoms with Gasteiger partial charge in [0.1, 0.15) is 11.5 Å². The quantitative estimate of drug-likeness (QED) is 0.383. The number of hydrogen-bond donors (Lipinski definition) is 4. The van der Waals surface area contributed by atoms with Crippen molar-refractivity contribution in [1.29, 1.82) is 0 Å². The van der Waals surface area contributed by atoms with Crippen LogP contribution in [0.5, 0.6) is 11.5 Å². The van der Waals surface area contributed by atoms with Gasteiger partial charge in [-0.15, -0.1) is 0 Å². The van der Waals surface area contributed by atoms with Crippen LogP contribution in [0.1, 0.15) is 25.3 Å². The second-order valence-electron chi connectivity index (χ2n) is 4.86. The molecule has 1 aliphatic heterocycles. The van der Waals surface area contributed by atoms with Crippen LogP contribution in [0.3, 0.4) is 0 Å². The molecule has 1 atom stereocenters. The van der Waals surface area contributed by atoms with Crippen LogP contribution in [0.15, 0.2) is 23.3 Å². The first kappa shape index (κ1) is 15.5. The summed E-state index contributed by atoms with van der Waals surface area (Å²) < 4.78 is 5.48. The fourth-order valence-corrected chi connectivity index (χ4v) is 2.20. The number of rotatable bonds is 4. The van der Waals surface area contributed by atoms with Gasteiger partial charge in [0.2, 0.25) is 0 Å². The Morgan fingerprint density at radius 2 is 2.29 bits per heavy atom. The highest BCUT2D eigenvalue weighted by Gasteiger charge is 2.15. The van der Waals surface area contributed by atoms with E-state index in [1.54, 1.807) is 13.0 Å². The Hall–Kier alpha value is -1.86. The summed E-state index contributed by atoms with van der Waals surface area (Å²) in [5.41, 5.74) is 3.82. The number of aromatic hydroxyl groups is 2. The lowest BCUT2D eigenvalue weighted by molar-refractivity contribution is 0.114. The van der Waals surface area contributed by atoms with E-state index in [9.17, 15) is 10.2 Å². The van der Waals surface area contributed by atoms with E-state index in [1.807, 2.05) is 0 Å². The lowest BCUT2D eigenvalue weighted by atomic mass is 10.1. The number of hydrogen-bond acceptors (Lipinski definition) is 5. The largest absolute Gasteiger partial charge is 0.508 e. The summed E-state index contributed by atoms with van der Waals surface area (Å²) >= 11 is 5.12. The maximum atomic E-state index is 9.74. The Bertz CT molecular complexity index is 542. The molecule has 6 nitrogen and oxygen atoms in total. The normalized spacial score (nSPS) is 18.5. The van der Waals surface area contributed by atoms with Crippen LogP contribution in [0.2, 0.25) is 0 Å². The zero-order valence-electron chi connectivity index (χ0n) is 11.8. The highest BCUT2D eigenvalue weighted by Crippen LogP contribution is 2.22.